The fraction of sp³-hybridized carbons (Fsp3) is 0.409. The van der Waals surface area contributed by atoms with Crippen LogP contribution in [0.5, 0.6) is 5.75 Å². The Labute approximate surface area is 156 Å². The van der Waals surface area contributed by atoms with Crippen LogP contribution in [-0.4, -0.2) is 25.6 Å². The Balaban J connectivity index is 1.49. The van der Waals surface area contributed by atoms with Crippen LogP contribution in [-0.2, 0) is 11.2 Å². The zero-order valence-electron chi connectivity index (χ0n) is 15.5. The fourth-order valence-electron chi connectivity index (χ4n) is 3.29. The molecule has 0 bridgehead atoms. The van der Waals surface area contributed by atoms with Gasteiger partial charge in [-0.3, -0.25) is 4.79 Å². The van der Waals surface area contributed by atoms with Crippen molar-refractivity contribution in [2.75, 3.05) is 29.9 Å². The lowest BCUT2D eigenvalue weighted by Crippen LogP contribution is -2.34. The number of hydrogen-bond donors (Lipinski definition) is 1. The van der Waals surface area contributed by atoms with Gasteiger partial charge in [-0.25, -0.2) is 0 Å². The molecule has 0 atom stereocenters. The van der Waals surface area contributed by atoms with Crippen molar-refractivity contribution in [2.45, 2.75) is 39.0 Å². The van der Waals surface area contributed by atoms with Gasteiger partial charge < -0.3 is 15.0 Å². The lowest BCUT2D eigenvalue weighted by molar-refractivity contribution is -0.116. The minimum absolute atomic E-state index is 0.0980. The smallest absolute Gasteiger partial charge is 0.246 e. The largest absolute Gasteiger partial charge is 0.494 e. The number of anilines is 2. The number of fused-ring (bicyclic) bond motifs is 1. The van der Waals surface area contributed by atoms with E-state index in [1.54, 1.807) is 0 Å². The minimum atomic E-state index is 0.0980. The standard InChI is InChI=1S/C22H28N2O2/c1-2-3-4-7-15-26-20-11-8-10-19(16-20)23-17-22(25)24-14-13-18-9-5-6-12-21(18)24/h5-6,8-12,16,23H,2-4,7,13-15,17H2,1H3. The van der Waals surface area contributed by atoms with Crippen LogP contribution < -0.4 is 15.0 Å². The first kappa shape index (κ1) is 18.3. The molecule has 0 spiro atoms. The maximum absolute atomic E-state index is 12.6. The summed E-state index contributed by atoms with van der Waals surface area (Å²) < 4.78 is 5.81. The number of nitrogens with one attached hydrogen (secondary N) is 1. The summed E-state index contributed by atoms with van der Waals surface area (Å²) in [5.74, 6) is 0.950. The predicted molar refractivity (Wildman–Crippen MR) is 107 cm³/mol. The number of ether oxygens (including phenoxy) is 1. The SMILES string of the molecule is CCCCCCOc1cccc(NCC(=O)N2CCc3ccccc32)c1. The van der Waals surface area contributed by atoms with E-state index in [2.05, 4.69) is 18.3 Å². The van der Waals surface area contributed by atoms with Crippen molar-refractivity contribution < 1.29 is 9.53 Å². The van der Waals surface area contributed by atoms with Crippen LogP contribution in [0.25, 0.3) is 0 Å². The van der Waals surface area contributed by atoms with Gasteiger partial charge in [-0.1, -0.05) is 50.5 Å². The van der Waals surface area contributed by atoms with Crippen molar-refractivity contribution in [3.05, 3.63) is 54.1 Å². The van der Waals surface area contributed by atoms with Crippen LogP contribution in [0.3, 0.4) is 0 Å². The van der Waals surface area contributed by atoms with Crippen molar-refractivity contribution in [3.63, 3.8) is 0 Å². The molecule has 0 fully saturated rings. The van der Waals surface area contributed by atoms with Crippen LogP contribution in [0, 0.1) is 0 Å². The van der Waals surface area contributed by atoms with E-state index in [0.29, 0.717) is 0 Å². The van der Waals surface area contributed by atoms with E-state index in [-0.39, 0.29) is 12.5 Å². The molecule has 1 aliphatic rings. The van der Waals surface area contributed by atoms with Gasteiger partial charge in [-0.05, 0) is 36.6 Å². The highest BCUT2D eigenvalue weighted by atomic mass is 16.5. The third kappa shape index (κ3) is 4.78. The number of para-hydroxylation sites is 1. The molecule has 4 heteroatoms. The number of unbranched alkanes of at least 4 members (excludes halogenated alkanes) is 3. The second-order valence-electron chi connectivity index (χ2n) is 6.71. The van der Waals surface area contributed by atoms with Crippen molar-refractivity contribution in [3.8, 4) is 5.75 Å². The first-order valence-corrected chi connectivity index (χ1v) is 9.63. The molecule has 0 saturated carbocycles. The maximum atomic E-state index is 12.6. The second-order valence-corrected chi connectivity index (χ2v) is 6.71. The van der Waals surface area contributed by atoms with Crippen LogP contribution in [0.4, 0.5) is 11.4 Å². The van der Waals surface area contributed by atoms with Crippen LogP contribution in [0.1, 0.15) is 38.2 Å². The van der Waals surface area contributed by atoms with E-state index in [9.17, 15) is 4.79 Å². The maximum Gasteiger partial charge on any atom is 0.246 e. The number of amides is 1. The molecule has 138 valence electrons. The quantitative estimate of drug-likeness (QED) is 0.668. The van der Waals surface area contributed by atoms with Gasteiger partial charge in [0.05, 0.1) is 13.2 Å². The third-order valence-electron chi connectivity index (χ3n) is 4.73. The highest BCUT2D eigenvalue weighted by molar-refractivity contribution is 5.98. The Morgan fingerprint density at radius 1 is 1.12 bits per heavy atom. The summed E-state index contributed by atoms with van der Waals surface area (Å²) in [7, 11) is 0. The van der Waals surface area contributed by atoms with Gasteiger partial charge in [-0.2, -0.15) is 0 Å². The Bertz CT molecular complexity index is 730. The van der Waals surface area contributed by atoms with Gasteiger partial charge in [0.1, 0.15) is 5.75 Å². The molecular formula is C22H28N2O2. The number of hydrogen-bond acceptors (Lipinski definition) is 3. The van der Waals surface area contributed by atoms with Gasteiger partial charge in [0, 0.05) is 24.0 Å². The molecule has 1 N–H and O–H groups in total. The number of nitrogens with zero attached hydrogens (tertiary/aromatic N) is 1. The van der Waals surface area contributed by atoms with Crippen LogP contribution in [0.2, 0.25) is 0 Å². The Kier molecular flexibility index (Phi) is 6.53. The third-order valence-corrected chi connectivity index (χ3v) is 4.73. The Morgan fingerprint density at radius 2 is 2.00 bits per heavy atom. The molecular weight excluding hydrogens is 324 g/mol. The molecule has 2 aromatic rings. The Hall–Kier alpha value is -2.49. The molecule has 0 saturated heterocycles. The summed E-state index contributed by atoms with van der Waals surface area (Å²) in [5.41, 5.74) is 3.21. The van der Waals surface area contributed by atoms with Crippen molar-refractivity contribution in [1.82, 2.24) is 0 Å². The molecule has 0 radical (unpaired) electrons. The zero-order valence-corrected chi connectivity index (χ0v) is 15.5. The first-order chi connectivity index (χ1) is 12.8. The van der Waals surface area contributed by atoms with Gasteiger partial charge in [0.15, 0.2) is 0 Å². The number of carbonyl (C=O) groups is 1. The zero-order chi connectivity index (χ0) is 18.2. The Morgan fingerprint density at radius 3 is 2.88 bits per heavy atom. The van der Waals surface area contributed by atoms with E-state index >= 15 is 0 Å². The van der Waals surface area contributed by atoms with Gasteiger partial charge in [0.2, 0.25) is 5.91 Å². The topological polar surface area (TPSA) is 41.6 Å². The van der Waals surface area contributed by atoms with Crippen molar-refractivity contribution >= 4 is 17.3 Å². The summed E-state index contributed by atoms with van der Waals surface area (Å²) >= 11 is 0. The van der Waals surface area contributed by atoms with Crippen LogP contribution in [0.15, 0.2) is 48.5 Å². The van der Waals surface area contributed by atoms with E-state index in [4.69, 9.17) is 4.74 Å². The molecule has 0 aliphatic carbocycles. The van der Waals surface area contributed by atoms with E-state index in [0.717, 1.165) is 43.1 Å². The first-order valence-electron chi connectivity index (χ1n) is 9.63. The van der Waals surface area contributed by atoms with Crippen molar-refractivity contribution in [2.24, 2.45) is 0 Å². The normalized spacial score (nSPS) is 12.7. The summed E-state index contributed by atoms with van der Waals surface area (Å²) in [5, 5.41) is 3.23. The summed E-state index contributed by atoms with van der Waals surface area (Å²) in [6.07, 6.45) is 5.71. The highest BCUT2D eigenvalue weighted by Crippen LogP contribution is 2.27. The van der Waals surface area contributed by atoms with Crippen LogP contribution >= 0.6 is 0 Å². The molecule has 1 amide bonds. The lowest BCUT2D eigenvalue weighted by atomic mass is 10.2. The summed E-state index contributed by atoms with van der Waals surface area (Å²) in [4.78, 5) is 14.4. The average Bonchev–Trinajstić information content (AvgIpc) is 3.10. The number of rotatable bonds is 9. The second kappa shape index (κ2) is 9.27. The molecule has 26 heavy (non-hydrogen) atoms. The molecule has 1 heterocycles. The predicted octanol–water partition coefficient (Wildman–Crippen LogP) is 4.65. The number of benzene rings is 2. The minimum Gasteiger partial charge on any atom is -0.494 e. The summed E-state index contributed by atoms with van der Waals surface area (Å²) in [6.45, 7) is 4.00. The van der Waals surface area contributed by atoms with Gasteiger partial charge in [0.25, 0.3) is 0 Å². The lowest BCUT2D eigenvalue weighted by Gasteiger charge is -2.18. The molecule has 3 rings (SSSR count). The van der Waals surface area contributed by atoms with Gasteiger partial charge >= 0.3 is 0 Å². The molecule has 0 aromatic heterocycles. The number of carbonyl (C=O) groups excluding carboxylic acids is 1. The molecule has 4 nitrogen and oxygen atoms in total. The van der Waals surface area contributed by atoms with E-state index in [1.807, 2.05) is 47.4 Å². The fourth-order valence-corrected chi connectivity index (χ4v) is 3.29. The van der Waals surface area contributed by atoms with E-state index < -0.39 is 0 Å². The molecule has 0 unspecified atom stereocenters. The van der Waals surface area contributed by atoms with Crippen molar-refractivity contribution in [1.29, 1.82) is 0 Å². The van der Waals surface area contributed by atoms with E-state index in [1.165, 1.54) is 24.8 Å². The molecule has 1 aliphatic heterocycles. The average molecular weight is 352 g/mol. The highest BCUT2D eigenvalue weighted by Gasteiger charge is 2.23. The monoisotopic (exact) mass is 352 g/mol. The summed E-state index contributed by atoms with van der Waals surface area (Å²) in [6, 6.07) is 16.0. The van der Waals surface area contributed by atoms with Gasteiger partial charge in [-0.15, -0.1) is 0 Å². The molecule has 2 aromatic carbocycles.